The van der Waals surface area contributed by atoms with E-state index < -0.39 is 11.9 Å². The van der Waals surface area contributed by atoms with Crippen LogP contribution in [0.5, 0.6) is 0 Å². The summed E-state index contributed by atoms with van der Waals surface area (Å²) in [5.41, 5.74) is 0.722. The Morgan fingerprint density at radius 1 is 1.41 bits per heavy atom. The van der Waals surface area contributed by atoms with Gasteiger partial charge in [-0.25, -0.2) is 0 Å². The number of thioether (sulfide) groups is 1. The van der Waals surface area contributed by atoms with E-state index in [-0.39, 0.29) is 5.41 Å². The van der Waals surface area contributed by atoms with Gasteiger partial charge in [-0.3, -0.25) is 4.79 Å². The van der Waals surface area contributed by atoms with Crippen molar-refractivity contribution in [3.63, 3.8) is 0 Å². The van der Waals surface area contributed by atoms with Crippen LogP contribution in [-0.4, -0.2) is 30.5 Å². The van der Waals surface area contributed by atoms with E-state index in [1.54, 1.807) is 18.7 Å². The monoisotopic (exact) mass is 252 g/mol. The molecule has 1 N–H and O–H groups in total. The van der Waals surface area contributed by atoms with Gasteiger partial charge in [-0.15, -0.1) is 11.8 Å². The average molecular weight is 252 g/mol. The first-order valence-corrected chi connectivity index (χ1v) is 6.78. The molecule has 0 spiro atoms. The van der Waals surface area contributed by atoms with Crippen molar-refractivity contribution in [3.8, 4) is 0 Å². The second-order valence-corrected chi connectivity index (χ2v) is 5.32. The quantitative estimate of drug-likeness (QED) is 0.836. The fourth-order valence-corrected chi connectivity index (χ4v) is 2.56. The number of carboxylic acid groups (broad SMARTS) is 1. The van der Waals surface area contributed by atoms with Crippen molar-refractivity contribution in [3.05, 3.63) is 29.8 Å². The van der Waals surface area contributed by atoms with Crippen LogP contribution in [0.25, 0.3) is 0 Å². The van der Waals surface area contributed by atoms with Crippen LogP contribution >= 0.6 is 11.8 Å². The Morgan fingerprint density at radius 3 is 2.35 bits per heavy atom. The third-order valence-electron chi connectivity index (χ3n) is 3.58. The zero-order valence-corrected chi connectivity index (χ0v) is 10.8. The molecule has 92 valence electrons. The fourth-order valence-electron chi connectivity index (χ4n) is 2.15. The molecule has 3 nitrogen and oxygen atoms in total. The van der Waals surface area contributed by atoms with Gasteiger partial charge in [-0.1, -0.05) is 19.1 Å². The van der Waals surface area contributed by atoms with Gasteiger partial charge in [0.25, 0.3) is 0 Å². The average Bonchev–Trinajstić information content (AvgIpc) is 2.28. The van der Waals surface area contributed by atoms with Gasteiger partial charge in [0.05, 0.1) is 24.5 Å². The molecule has 1 aliphatic heterocycles. The summed E-state index contributed by atoms with van der Waals surface area (Å²) in [7, 11) is 0. The number of aliphatic carboxylic acids is 1. The van der Waals surface area contributed by atoms with E-state index in [0.717, 1.165) is 5.56 Å². The van der Waals surface area contributed by atoms with Crippen molar-refractivity contribution in [2.75, 3.05) is 19.5 Å². The van der Waals surface area contributed by atoms with E-state index in [4.69, 9.17) is 4.74 Å². The molecule has 1 saturated heterocycles. The van der Waals surface area contributed by atoms with Crippen molar-refractivity contribution < 1.29 is 14.6 Å². The first-order chi connectivity index (χ1) is 8.10. The molecule has 0 saturated carbocycles. The standard InChI is InChI=1S/C13H16O3S/c1-9(12(14)15)13(7-16-8-13)10-3-5-11(17-2)6-4-10/h3-6,9H,7-8H2,1-2H3,(H,14,15). The van der Waals surface area contributed by atoms with Crippen molar-refractivity contribution in [1.82, 2.24) is 0 Å². The molecule has 2 rings (SSSR count). The largest absolute Gasteiger partial charge is 0.481 e. The highest BCUT2D eigenvalue weighted by Gasteiger charge is 2.48. The summed E-state index contributed by atoms with van der Waals surface area (Å²) in [5.74, 6) is -1.18. The van der Waals surface area contributed by atoms with Gasteiger partial charge in [0.15, 0.2) is 0 Å². The molecule has 0 aromatic heterocycles. The Bertz CT molecular complexity index is 409. The van der Waals surface area contributed by atoms with Crippen LogP contribution in [-0.2, 0) is 14.9 Å². The van der Waals surface area contributed by atoms with E-state index >= 15 is 0 Å². The number of carboxylic acids is 1. The lowest BCUT2D eigenvalue weighted by atomic mass is 9.69. The molecule has 0 aliphatic carbocycles. The number of rotatable bonds is 4. The summed E-state index contributed by atoms with van der Waals surface area (Å²) in [6, 6.07) is 8.12. The summed E-state index contributed by atoms with van der Waals surface area (Å²) in [6.07, 6.45) is 2.02. The van der Waals surface area contributed by atoms with Crippen LogP contribution in [0.2, 0.25) is 0 Å². The lowest BCUT2D eigenvalue weighted by Crippen LogP contribution is -2.53. The number of benzene rings is 1. The van der Waals surface area contributed by atoms with Gasteiger partial charge in [0.2, 0.25) is 0 Å². The molecule has 1 aromatic carbocycles. The normalized spacial score (nSPS) is 19.4. The molecular formula is C13H16O3S. The second kappa shape index (κ2) is 4.70. The van der Waals surface area contributed by atoms with Crippen LogP contribution in [0.4, 0.5) is 0 Å². The first-order valence-electron chi connectivity index (χ1n) is 5.55. The Balaban J connectivity index is 2.31. The smallest absolute Gasteiger partial charge is 0.307 e. The Labute approximate surface area is 105 Å². The second-order valence-electron chi connectivity index (χ2n) is 4.44. The minimum atomic E-state index is -0.762. The SMILES string of the molecule is CSc1ccc(C2(C(C)C(=O)O)COC2)cc1. The molecule has 1 aliphatic rings. The summed E-state index contributed by atoms with van der Waals surface area (Å²) in [4.78, 5) is 12.4. The Kier molecular flexibility index (Phi) is 3.45. The topological polar surface area (TPSA) is 46.5 Å². The number of hydrogen-bond acceptors (Lipinski definition) is 3. The van der Waals surface area contributed by atoms with Gasteiger partial charge in [-0.2, -0.15) is 0 Å². The maximum atomic E-state index is 11.2. The van der Waals surface area contributed by atoms with Crippen LogP contribution in [0.3, 0.4) is 0 Å². The van der Waals surface area contributed by atoms with Crippen LogP contribution in [0, 0.1) is 5.92 Å². The predicted octanol–water partition coefficient (Wildman–Crippen LogP) is 2.40. The van der Waals surface area contributed by atoms with Crippen molar-refractivity contribution in [2.45, 2.75) is 17.2 Å². The van der Waals surface area contributed by atoms with Crippen LogP contribution in [0.15, 0.2) is 29.2 Å². The zero-order chi connectivity index (χ0) is 12.5. The molecule has 0 radical (unpaired) electrons. The Morgan fingerprint density at radius 2 is 2.00 bits per heavy atom. The number of hydrogen-bond donors (Lipinski definition) is 1. The minimum Gasteiger partial charge on any atom is -0.481 e. The van der Waals surface area contributed by atoms with Gasteiger partial charge >= 0.3 is 5.97 Å². The molecule has 1 aromatic rings. The molecule has 0 amide bonds. The van der Waals surface area contributed by atoms with E-state index in [1.165, 1.54) is 4.90 Å². The van der Waals surface area contributed by atoms with Gasteiger partial charge in [0.1, 0.15) is 0 Å². The minimum absolute atomic E-state index is 0.344. The van der Waals surface area contributed by atoms with E-state index in [1.807, 2.05) is 30.5 Å². The molecule has 0 bridgehead atoms. The fraction of sp³-hybridized carbons (Fsp3) is 0.462. The molecule has 17 heavy (non-hydrogen) atoms. The van der Waals surface area contributed by atoms with Gasteiger partial charge in [0, 0.05) is 4.90 Å². The Hall–Kier alpha value is -1.00. The molecule has 1 unspecified atom stereocenters. The summed E-state index contributed by atoms with van der Waals surface area (Å²) in [6.45, 7) is 2.76. The van der Waals surface area contributed by atoms with E-state index in [9.17, 15) is 9.90 Å². The maximum absolute atomic E-state index is 11.2. The van der Waals surface area contributed by atoms with Crippen molar-refractivity contribution in [2.24, 2.45) is 5.92 Å². The lowest BCUT2D eigenvalue weighted by molar-refractivity contribution is -0.155. The van der Waals surface area contributed by atoms with Gasteiger partial charge < -0.3 is 9.84 Å². The molecule has 4 heteroatoms. The molecule has 1 atom stereocenters. The van der Waals surface area contributed by atoms with E-state index in [0.29, 0.717) is 13.2 Å². The highest BCUT2D eigenvalue weighted by molar-refractivity contribution is 7.98. The van der Waals surface area contributed by atoms with Crippen LogP contribution in [0.1, 0.15) is 12.5 Å². The third-order valence-corrected chi connectivity index (χ3v) is 4.33. The third kappa shape index (κ3) is 2.07. The number of carbonyl (C=O) groups is 1. The summed E-state index contributed by atoms with van der Waals surface area (Å²) in [5, 5.41) is 9.19. The van der Waals surface area contributed by atoms with Crippen molar-refractivity contribution >= 4 is 17.7 Å². The summed E-state index contributed by atoms with van der Waals surface area (Å²) < 4.78 is 5.25. The van der Waals surface area contributed by atoms with Crippen LogP contribution < -0.4 is 0 Å². The highest BCUT2D eigenvalue weighted by atomic mass is 32.2. The lowest BCUT2D eigenvalue weighted by Gasteiger charge is -2.44. The molecular weight excluding hydrogens is 236 g/mol. The molecule has 1 heterocycles. The molecule has 1 fully saturated rings. The zero-order valence-electron chi connectivity index (χ0n) is 9.97. The van der Waals surface area contributed by atoms with Crippen molar-refractivity contribution in [1.29, 1.82) is 0 Å². The van der Waals surface area contributed by atoms with Gasteiger partial charge in [-0.05, 0) is 24.0 Å². The highest BCUT2D eigenvalue weighted by Crippen LogP contribution is 2.40. The first kappa shape index (κ1) is 12.5. The van der Waals surface area contributed by atoms with E-state index in [2.05, 4.69) is 0 Å². The maximum Gasteiger partial charge on any atom is 0.307 e. The summed E-state index contributed by atoms with van der Waals surface area (Å²) >= 11 is 1.68. The predicted molar refractivity (Wildman–Crippen MR) is 67.5 cm³/mol. The number of ether oxygens (including phenoxy) is 1.